The number of hydrogen-bond donors (Lipinski definition) is 0. The van der Waals surface area contributed by atoms with Crippen molar-refractivity contribution in [2.24, 2.45) is 0 Å². The van der Waals surface area contributed by atoms with Gasteiger partial charge in [-0.05, 0) is 36.2 Å². The van der Waals surface area contributed by atoms with E-state index in [1.165, 1.54) is 0 Å². The number of carbonyl (C=O) groups excluding carboxylic acids is 1. The van der Waals surface area contributed by atoms with Crippen LogP contribution in [0.4, 0.5) is 8.78 Å². The third-order valence-electron chi connectivity index (χ3n) is 2.71. The van der Waals surface area contributed by atoms with Crippen molar-refractivity contribution in [1.29, 1.82) is 0 Å². The first kappa shape index (κ1) is 13.9. The van der Waals surface area contributed by atoms with Gasteiger partial charge in [0.05, 0.1) is 0 Å². The third kappa shape index (κ3) is 3.96. The Labute approximate surface area is 118 Å². The fraction of sp³-hybridized carbons (Fsp3) is 0.133. The number of carbonyl (C=O) groups is 1. The van der Waals surface area contributed by atoms with Gasteiger partial charge in [0.2, 0.25) is 0 Å². The lowest BCUT2D eigenvalue weighted by atomic mass is 10.0. The van der Waals surface area contributed by atoms with Gasteiger partial charge in [0.15, 0.2) is 5.78 Å². The number of benzene rings is 2. The van der Waals surface area contributed by atoms with E-state index in [0.29, 0.717) is 6.42 Å². The predicted molar refractivity (Wildman–Crippen MR) is 73.2 cm³/mol. The highest BCUT2D eigenvalue weighted by atomic mass is 79.9. The normalized spacial score (nSPS) is 10.5. The summed E-state index contributed by atoms with van der Waals surface area (Å²) in [5, 5.41) is 0. The number of halogens is 3. The van der Waals surface area contributed by atoms with Crippen molar-refractivity contribution in [1.82, 2.24) is 0 Å². The molecule has 0 N–H and O–H groups in total. The minimum Gasteiger partial charge on any atom is -0.294 e. The fourth-order valence-corrected chi connectivity index (χ4v) is 2.26. The molecule has 1 nitrogen and oxygen atoms in total. The van der Waals surface area contributed by atoms with E-state index in [1.54, 1.807) is 0 Å². The van der Waals surface area contributed by atoms with E-state index in [-0.39, 0.29) is 17.8 Å². The highest BCUT2D eigenvalue weighted by molar-refractivity contribution is 9.10. The molecule has 0 amide bonds. The molecule has 2 aromatic rings. The quantitative estimate of drug-likeness (QED) is 0.754. The van der Waals surface area contributed by atoms with Crippen LogP contribution < -0.4 is 0 Å². The zero-order chi connectivity index (χ0) is 13.8. The Balaban J connectivity index is 2.05. The molecule has 0 atom stereocenters. The van der Waals surface area contributed by atoms with Gasteiger partial charge < -0.3 is 0 Å². The molecule has 98 valence electrons. The van der Waals surface area contributed by atoms with Crippen LogP contribution in [-0.2, 0) is 6.42 Å². The summed E-state index contributed by atoms with van der Waals surface area (Å²) in [7, 11) is 0. The highest BCUT2D eigenvalue weighted by Gasteiger charge is 2.09. The first-order chi connectivity index (χ1) is 9.04. The smallest absolute Gasteiger partial charge is 0.163 e. The van der Waals surface area contributed by atoms with Gasteiger partial charge in [-0.3, -0.25) is 4.79 Å². The van der Waals surface area contributed by atoms with Crippen LogP contribution >= 0.6 is 15.9 Å². The van der Waals surface area contributed by atoms with Gasteiger partial charge in [0, 0.05) is 22.5 Å². The average molecular weight is 325 g/mol. The molecule has 2 aromatic carbocycles. The van der Waals surface area contributed by atoms with Gasteiger partial charge >= 0.3 is 0 Å². The first-order valence-corrected chi connectivity index (χ1v) is 6.57. The Kier molecular flexibility index (Phi) is 4.43. The molecule has 0 bridgehead atoms. The van der Waals surface area contributed by atoms with Crippen LogP contribution in [0.2, 0.25) is 0 Å². The number of rotatable bonds is 4. The van der Waals surface area contributed by atoms with Gasteiger partial charge in [-0.1, -0.05) is 28.1 Å². The Bertz CT molecular complexity index is 591. The van der Waals surface area contributed by atoms with Crippen molar-refractivity contribution >= 4 is 21.7 Å². The molecule has 0 fully saturated rings. The first-order valence-electron chi connectivity index (χ1n) is 5.78. The van der Waals surface area contributed by atoms with Crippen LogP contribution in [0.25, 0.3) is 0 Å². The van der Waals surface area contributed by atoms with Crippen LogP contribution in [0.3, 0.4) is 0 Å². The summed E-state index contributed by atoms with van der Waals surface area (Å²) < 4.78 is 27.0. The Morgan fingerprint density at radius 2 is 1.74 bits per heavy atom. The Hall–Kier alpha value is -1.55. The molecule has 0 saturated carbocycles. The summed E-state index contributed by atoms with van der Waals surface area (Å²) in [6.07, 6.45) is 0.760. The Morgan fingerprint density at radius 3 is 2.37 bits per heavy atom. The Morgan fingerprint density at radius 1 is 1.05 bits per heavy atom. The molecule has 0 unspecified atom stereocenters. The molecule has 4 heteroatoms. The summed E-state index contributed by atoms with van der Waals surface area (Å²) in [4.78, 5) is 11.9. The second-order valence-electron chi connectivity index (χ2n) is 4.21. The molecule has 0 heterocycles. The second kappa shape index (κ2) is 6.06. The second-order valence-corrected chi connectivity index (χ2v) is 5.13. The summed E-state index contributed by atoms with van der Waals surface area (Å²) in [5.41, 5.74) is 1.08. The van der Waals surface area contributed by atoms with Crippen molar-refractivity contribution in [2.75, 3.05) is 0 Å². The average Bonchev–Trinajstić information content (AvgIpc) is 2.35. The van der Waals surface area contributed by atoms with Crippen LogP contribution in [-0.4, -0.2) is 5.78 Å². The van der Waals surface area contributed by atoms with Crippen molar-refractivity contribution in [3.63, 3.8) is 0 Å². The molecule has 19 heavy (non-hydrogen) atoms. The molecule has 0 aromatic heterocycles. The molecule has 2 rings (SSSR count). The fourth-order valence-electron chi connectivity index (χ4n) is 1.81. The molecular formula is C15H11BrF2O. The van der Waals surface area contributed by atoms with E-state index >= 15 is 0 Å². The van der Waals surface area contributed by atoms with Crippen LogP contribution in [0.1, 0.15) is 22.3 Å². The van der Waals surface area contributed by atoms with Crippen molar-refractivity contribution in [3.8, 4) is 0 Å². The summed E-state index contributed by atoms with van der Waals surface area (Å²) in [6, 6.07) is 10.5. The SMILES string of the molecule is O=C(CCc1cccc(Br)c1)c1cc(F)cc(F)c1. The maximum Gasteiger partial charge on any atom is 0.163 e. The van der Waals surface area contributed by atoms with Crippen molar-refractivity contribution in [3.05, 3.63) is 69.7 Å². The van der Waals surface area contributed by atoms with Gasteiger partial charge in [-0.15, -0.1) is 0 Å². The zero-order valence-electron chi connectivity index (χ0n) is 10.00. The van der Waals surface area contributed by atoms with E-state index in [9.17, 15) is 13.6 Å². The number of aryl methyl sites for hydroxylation is 1. The lowest BCUT2D eigenvalue weighted by molar-refractivity contribution is 0.0982. The number of Topliss-reactive ketones (excluding diaryl/α,β-unsaturated/α-hetero) is 1. The monoisotopic (exact) mass is 324 g/mol. The largest absolute Gasteiger partial charge is 0.294 e. The third-order valence-corrected chi connectivity index (χ3v) is 3.21. The van der Waals surface area contributed by atoms with Gasteiger partial charge in [-0.2, -0.15) is 0 Å². The van der Waals surface area contributed by atoms with Crippen molar-refractivity contribution < 1.29 is 13.6 Å². The standard InChI is InChI=1S/C15H11BrF2O/c16-12-3-1-2-10(6-12)4-5-15(19)11-7-13(17)9-14(18)8-11/h1-3,6-9H,4-5H2. The molecule has 0 aliphatic carbocycles. The lowest BCUT2D eigenvalue weighted by Crippen LogP contribution is -2.02. The molecule has 0 aliphatic heterocycles. The highest BCUT2D eigenvalue weighted by Crippen LogP contribution is 2.15. The van der Waals surface area contributed by atoms with Crippen molar-refractivity contribution in [2.45, 2.75) is 12.8 Å². The van der Waals surface area contributed by atoms with E-state index in [1.807, 2.05) is 24.3 Å². The lowest BCUT2D eigenvalue weighted by Gasteiger charge is -2.03. The molecular weight excluding hydrogens is 314 g/mol. The van der Waals surface area contributed by atoms with Crippen LogP contribution in [0.5, 0.6) is 0 Å². The minimum absolute atomic E-state index is 0.0764. The molecule has 0 spiro atoms. The zero-order valence-corrected chi connectivity index (χ0v) is 11.6. The van der Waals surface area contributed by atoms with Gasteiger partial charge in [0.25, 0.3) is 0 Å². The summed E-state index contributed by atoms with van der Waals surface area (Å²) >= 11 is 3.35. The van der Waals surface area contributed by atoms with E-state index < -0.39 is 11.6 Å². The van der Waals surface area contributed by atoms with Crippen LogP contribution in [0.15, 0.2) is 46.9 Å². The minimum atomic E-state index is -0.731. The van der Waals surface area contributed by atoms with Gasteiger partial charge in [-0.25, -0.2) is 8.78 Å². The van der Waals surface area contributed by atoms with E-state index in [2.05, 4.69) is 15.9 Å². The van der Waals surface area contributed by atoms with Crippen LogP contribution in [0, 0.1) is 11.6 Å². The number of ketones is 1. The topological polar surface area (TPSA) is 17.1 Å². The molecule has 0 aliphatic rings. The molecule has 0 radical (unpaired) electrons. The molecule has 0 saturated heterocycles. The maximum atomic E-state index is 13.0. The number of hydrogen-bond acceptors (Lipinski definition) is 1. The summed E-state index contributed by atoms with van der Waals surface area (Å²) in [6.45, 7) is 0. The predicted octanol–water partition coefficient (Wildman–Crippen LogP) is 4.54. The summed E-state index contributed by atoms with van der Waals surface area (Å²) in [5.74, 6) is -1.73. The van der Waals surface area contributed by atoms with E-state index in [4.69, 9.17) is 0 Å². The van der Waals surface area contributed by atoms with Gasteiger partial charge in [0.1, 0.15) is 11.6 Å². The maximum absolute atomic E-state index is 13.0. The van der Waals surface area contributed by atoms with E-state index in [0.717, 1.165) is 28.2 Å².